The summed E-state index contributed by atoms with van der Waals surface area (Å²) in [7, 11) is 0. The Hall–Kier alpha value is -3.08. The van der Waals surface area contributed by atoms with E-state index in [2.05, 4.69) is 0 Å². The Balaban J connectivity index is 1.68. The number of carboxylic acids is 1. The molecule has 3 atom stereocenters. The van der Waals surface area contributed by atoms with E-state index in [1.54, 1.807) is 16.7 Å². The van der Waals surface area contributed by atoms with Crippen LogP contribution in [-0.2, 0) is 9.59 Å². The molecule has 2 aliphatic rings. The van der Waals surface area contributed by atoms with Crippen LogP contribution in [0.4, 0.5) is 23.2 Å². The molecule has 0 radical (unpaired) electrons. The molecule has 1 fully saturated rings. The predicted molar refractivity (Wildman–Crippen MR) is 125 cm³/mol. The van der Waals surface area contributed by atoms with Crippen LogP contribution in [0.25, 0.3) is 0 Å². The van der Waals surface area contributed by atoms with Crippen LogP contribution < -0.4 is 4.90 Å². The maximum atomic E-state index is 14.4. The maximum absolute atomic E-state index is 14.4. The van der Waals surface area contributed by atoms with Crippen LogP contribution in [0, 0.1) is 11.7 Å². The summed E-state index contributed by atoms with van der Waals surface area (Å²) in [6.07, 6.45) is 0.817. The number of hydrogen-bond donors (Lipinski definition) is 1. The number of anilines is 1. The van der Waals surface area contributed by atoms with Crippen molar-refractivity contribution in [2.75, 3.05) is 11.4 Å². The Morgan fingerprint density at radius 1 is 1.08 bits per heavy atom. The molecule has 3 unspecified atom stereocenters. The topological polar surface area (TPSA) is 77.9 Å². The van der Waals surface area contributed by atoms with Crippen LogP contribution in [-0.4, -0.2) is 45.9 Å². The summed E-state index contributed by atoms with van der Waals surface area (Å²) in [6.45, 7) is 2.05. The summed E-state index contributed by atoms with van der Waals surface area (Å²) in [4.78, 5) is 40.5. The highest BCUT2D eigenvalue weighted by atomic mass is 32.2. The molecule has 2 amide bonds. The number of nitrogens with zero attached hydrogens (tertiary/aromatic N) is 2. The Morgan fingerprint density at radius 3 is 2.33 bits per heavy atom. The molecule has 2 aromatic rings. The van der Waals surface area contributed by atoms with E-state index in [9.17, 15) is 31.9 Å². The van der Waals surface area contributed by atoms with Crippen LogP contribution in [0.2, 0.25) is 0 Å². The van der Waals surface area contributed by atoms with Gasteiger partial charge in [-0.25, -0.2) is 4.39 Å². The number of thioether (sulfide) groups is 1. The molecular weight excluding hydrogens is 500 g/mol. The Labute approximate surface area is 209 Å². The smallest absolute Gasteiger partial charge is 0.446 e. The van der Waals surface area contributed by atoms with E-state index in [0.29, 0.717) is 24.1 Å². The van der Waals surface area contributed by atoms with Crippen molar-refractivity contribution in [2.24, 2.45) is 5.92 Å². The summed E-state index contributed by atoms with van der Waals surface area (Å²) in [5, 5.41) is 8.98. The van der Waals surface area contributed by atoms with Gasteiger partial charge in [-0.3, -0.25) is 14.4 Å². The lowest BCUT2D eigenvalue weighted by atomic mass is 9.67. The van der Waals surface area contributed by atoms with Gasteiger partial charge in [-0.1, -0.05) is 0 Å². The van der Waals surface area contributed by atoms with Crippen molar-refractivity contribution in [1.82, 2.24) is 4.90 Å². The van der Waals surface area contributed by atoms with Crippen molar-refractivity contribution in [2.45, 2.75) is 55.1 Å². The van der Waals surface area contributed by atoms with Gasteiger partial charge in [0.1, 0.15) is 5.82 Å². The van der Waals surface area contributed by atoms with Gasteiger partial charge in [-0.2, -0.15) is 13.2 Å². The van der Waals surface area contributed by atoms with Gasteiger partial charge in [0.2, 0.25) is 5.91 Å². The van der Waals surface area contributed by atoms with Gasteiger partial charge >= 0.3 is 11.5 Å². The molecule has 0 saturated heterocycles. The van der Waals surface area contributed by atoms with Gasteiger partial charge in [0.05, 0.1) is 12.5 Å². The molecule has 0 bridgehead atoms. The van der Waals surface area contributed by atoms with Crippen LogP contribution in [0.3, 0.4) is 0 Å². The molecule has 4 rings (SSSR count). The minimum Gasteiger partial charge on any atom is -0.481 e. The van der Waals surface area contributed by atoms with Crippen LogP contribution >= 0.6 is 11.8 Å². The van der Waals surface area contributed by atoms with Crippen molar-refractivity contribution >= 4 is 35.2 Å². The molecule has 1 N–H and O–H groups in total. The Morgan fingerprint density at radius 2 is 1.78 bits per heavy atom. The minimum absolute atomic E-state index is 0.0415. The summed E-state index contributed by atoms with van der Waals surface area (Å²) >= 11 is -0.267. The standard InChI is InChI=1S/C25H24F4N2O4S/c1-2-30(21(32)11-12-22(33)34)23-17-8-10-19(17)31(20-9-5-15(26)13-18(20)23)24(35)14-3-6-16(7-4-14)36-25(27,28)29/h3-7,9,13,17,19,23H,2,8,10-12H2,1H3,(H,33,34). The predicted octanol–water partition coefficient (Wildman–Crippen LogP) is 5.63. The van der Waals surface area contributed by atoms with E-state index in [1.807, 2.05) is 0 Å². The van der Waals surface area contributed by atoms with Gasteiger partial charge in [0.25, 0.3) is 5.91 Å². The zero-order valence-corrected chi connectivity index (χ0v) is 20.1. The first-order chi connectivity index (χ1) is 17.0. The van der Waals surface area contributed by atoms with Gasteiger partial charge in [0.15, 0.2) is 0 Å². The molecule has 1 aliphatic heterocycles. The molecule has 1 heterocycles. The van der Waals surface area contributed by atoms with Crippen molar-refractivity contribution in [3.8, 4) is 0 Å². The van der Waals surface area contributed by atoms with Crippen molar-refractivity contribution in [1.29, 1.82) is 0 Å². The third-order valence-corrected chi connectivity index (χ3v) is 7.44. The molecule has 11 heteroatoms. The highest BCUT2D eigenvalue weighted by molar-refractivity contribution is 8.00. The molecule has 2 aromatic carbocycles. The fraction of sp³-hybridized carbons (Fsp3) is 0.400. The zero-order valence-electron chi connectivity index (χ0n) is 19.3. The van der Waals surface area contributed by atoms with E-state index in [4.69, 9.17) is 5.11 Å². The van der Waals surface area contributed by atoms with Gasteiger partial charge < -0.3 is 14.9 Å². The van der Waals surface area contributed by atoms with Crippen LogP contribution in [0.15, 0.2) is 47.4 Å². The number of hydrogen-bond acceptors (Lipinski definition) is 4. The number of halogens is 4. The van der Waals surface area contributed by atoms with Gasteiger partial charge in [0, 0.05) is 46.6 Å². The molecular formula is C25H24F4N2O4S. The summed E-state index contributed by atoms with van der Waals surface area (Å²) in [5.74, 6) is -2.58. The fourth-order valence-corrected chi connectivity index (χ4v) is 5.61. The van der Waals surface area contributed by atoms with E-state index >= 15 is 0 Å². The minimum atomic E-state index is -4.44. The number of alkyl halides is 3. The largest absolute Gasteiger partial charge is 0.481 e. The van der Waals surface area contributed by atoms with Crippen molar-refractivity contribution in [3.05, 3.63) is 59.4 Å². The number of amides is 2. The lowest BCUT2D eigenvalue weighted by Crippen LogP contribution is -2.58. The highest BCUT2D eigenvalue weighted by Crippen LogP contribution is 2.52. The maximum Gasteiger partial charge on any atom is 0.446 e. The molecule has 0 aromatic heterocycles. The Bertz CT molecular complexity index is 1170. The van der Waals surface area contributed by atoms with E-state index in [1.165, 1.54) is 42.5 Å². The number of carboxylic acid groups (broad SMARTS) is 1. The third-order valence-electron chi connectivity index (χ3n) is 6.70. The van der Waals surface area contributed by atoms with E-state index in [0.717, 1.165) is 0 Å². The fourth-order valence-electron chi connectivity index (χ4n) is 5.07. The molecule has 6 nitrogen and oxygen atoms in total. The number of benzene rings is 2. The van der Waals surface area contributed by atoms with Gasteiger partial charge in [-0.05, 0) is 74.0 Å². The van der Waals surface area contributed by atoms with Crippen molar-refractivity contribution < 1.29 is 37.1 Å². The summed E-state index contributed by atoms with van der Waals surface area (Å²) < 4.78 is 52.4. The summed E-state index contributed by atoms with van der Waals surface area (Å²) in [5.41, 5.74) is -3.35. The molecule has 1 saturated carbocycles. The average molecular weight is 525 g/mol. The summed E-state index contributed by atoms with van der Waals surface area (Å²) in [6, 6.07) is 8.35. The van der Waals surface area contributed by atoms with Crippen LogP contribution in [0.5, 0.6) is 0 Å². The van der Waals surface area contributed by atoms with E-state index in [-0.39, 0.29) is 59.5 Å². The second kappa shape index (κ2) is 10.1. The first kappa shape index (κ1) is 26.0. The van der Waals surface area contributed by atoms with Crippen LogP contribution in [0.1, 0.15) is 54.6 Å². The highest BCUT2D eigenvalue weighted by Gasteiger charge is 2.51. The average Bonchev–Trinajstić information content (AvgIpc) is 2.78. The Kier molecular flexibility index (Phi) is 7.31. The number of aliphatic carboxylic acids is 1. The van der Waals surface area contributed by atoms with E-state index < -0.39 is 29.2 Å². The number of carbonyl (C=O) groups is 3. The lowest BCUT2D eigenvalue weighted by molar-refractivity contribution is -0.142. The molecule has 0 spiro atoms. The van der Waals surface area contributed by atoms with Crippen molar-refractivity contribution in [3.63, 3.8) is 0 Å². The third kappa shape index (κ3) is 5.21. The number of carbonyl (C=O) groups excluding carboxylic acids is 2. The number of rotatable bonds is 7. The monoisotopic (exact) mass is 524 g/mol. The lowest BCUT2D eigenvalue weighted by Gasteiger charge is -2.55. The molecule has 36 heavy (non-hydrogen) atoms. The second-order valence-electron chi connectivity index (χ2n) is 8.78. The van der Waals surface area contributed by atoms with Gasteiger partial charge in [-0.15, -0.1) is 0 Å². The molecule has 192 valence electrons. The second-order valence-corrected chi connectivity index (χ2v) is 9.92. The number of fused-ring (bicyclic) bond motifs is 2. The first-order valence-corrected chi connectivity index (χ1v) is 12.3. The normalized spacial score (nSPS) is 20.7. The quantitative estimate of drug-likeness (QED) is 0.375. The SMILES string of the molecule is CCN(C(=O)CCC(=O)O)C1c2cc(F)ccc2N(C(=O)c2ccc(SC(F)(F)F)cc2)C2CCC12. The molecule has 1 aliphatic carbocycles. The zero-order chi connectivity index (χ0) is 26.2. The first-order valence-electron chi connectivity index (χ1n) is 11.5.